The normalized spacial score (nSPS) is 11.8. The van der Waals surface area contributed by atoms with E-state index < -0.39 is 0 Å². The van der Waals surface area contributed by atoms with E-state index in [0.717, 1.165) is 11.3 Å². The van der Waals surface area contributed by atoms with Gasteiger partial charge in [0.05, 0.1) is 13.0 Å². The molecule has 1 unspecified atom stereocenters. The Hall–Kier alpha value is -1.88. The lowest BCUT2D eigenvalue weighted by Crippen LogP contribution is -2.22. The topological polar surface area (TPSA) is 67.4 Å². The summed E-state index contributed by atoms with van der Waals surface area (Å²) in [5.41, 5.74) is 1.83. The molecule has 1 atom stereocenters. The van der Waals surface area contributed by atoms with Crippen LogP contribution >= 0.6 is 0 Å². The third-order valence-corrected chi connectivity index (χ3v) is 2.79. The van der Waals surface area contributed by atoms with Gasteiger partial charge >= 0.3 is 5.97 Å². The summed E-state index contributed by atoms with van der Waals surface area (Å²) in [6.45, 7) is 6.25. The Morgan fingerprint density at radius 3 is 2.75 bits per heavy atom. The minimum absolute atomic E-state index is 0.0925. The molecule has 0 fully saturated rings. The molecule has 1 aromatic rings. The van der Waals surface area contributed by atoms with Crippen molar-refractivity contribution in [2.24, 2.45) is 0 Å². The number of nitrogens with one attached hydrogen (secondary N) is 2. The van der Waals surface area contributed by atoms with E-state index >= 15 is 0 Å². The fourth-order valence-electron chi connectivity index (χ4n) is 1.83. The average Bonchev–Trinajstić information content (AvgIpc) is 2.38. The minimum atomic E-state index is -0.195. The van der Waals surface area contributed by atoms with Gasteiger partial charge in [-0.05, 0) is 31.5 Å². The number of hydrogen-bond donors (Lipinski definition) is 2. The highest BCUT2D eigenvalue weighted by Crippen LogP contribution is 2.17. The van der Waals surface area contributed by atoms with Crippen molar-refractivity contribution >= 4 is 17.6 Å². The van der Waals surface area contributed by atoms with Gasteiger partial charge in [-0.2, -0.15) is 0 Å². The van der Waals surface area contributed by atoms with Crippen LogP contribution in [0.3, 0.4) is 0 Å². The van der Waals surface area contributed by atoms with Crippen LogP contribution in [0.15, 0.2) is 24.3 Å². The maximum absolute atomic E-state index is 11.2. The first-order valence-corrected chi connectivity index (χ1v) is 6.79. The van der Waals surface area contributed by atoms with Crippen molar-refractivity contribution in [3.63, 3.8) is 0 Å². The van der Waals surface area contributed by atoms with Gasteiger partial charge in [0.25, 0.3) is 0 Å². The Kier molecular flexibility index (Phi) is 6.73. The Morgan fingerprint density at radius 1 is 1.35 bits per heavy atom. The highest BCUT2D eigenvalue weighted by atomic mass is 16.5. The number of carbonyl (C=O) groups excluding carboxylic acids is 2. The molecule has 5 heteroatoms. The van der Waals surface area contributed by atoms with Gasteiger partial charge in [0.1, 0.15) is 0 Å². The summed E-state index contributed by atoms with van der Waals surface area (Å²) in [7, 11) is 0. The first-order chi connectivity index (χ1) is 9.52. The highest BCUT2D eigenvalue weighted by Gasteiger charge is 2.07. The fraction of sp³-hybridized carbons (Fsp3) is 0.467. The van der Waals surface area contributed by atoms with E-state index in [0.29, 0.717) is 19.6 Å². The summed E-state index contributed by atoms with van der Waals surface area (Å²) in [6.07, 6.45) is 0.351. The van der Waals surface area contributed by atoms with Gasteiger partial charge in [-0.15, -0.1) is 0 Å². The third-order valence-electron chi connectivity index (χ3n) is 2.79. The highest BCUT2D eigenvalue weighted by molar-refractivity contribution is 5.88. The van der Waals surface area contributed by atoms with Crippen molar-refractivity contribution in [3.8, 4) is 0 Å². The number of anilines is 1. The van der Waals surface area contributed by atoms with Gasteiger partial charge in [-0.3, -0.25) is 9.59 Å². The van der Waals surface area contributed by atoms with E-state index in [1.807, 2.05) is 31.2 Å². The van der Waals surface area contributed by atoms with E-state index in [-0.39, 0.29) is 17.9 Å². The van der Waals surface area contributed by atoms with Gasteiger partial charge in [0.2, 0.25) is 5.91 Å². The molecule has 0 spiro atoms. The second-order valence-corrected chi connectivity index (χ2v) is 4.54. The van der Waals surface area contributed by atoms with Crippen LogP contribution in [-0.4, -0.2) is 25.0 Å². The van der Waals surface area contributed by atoms with Gasteiger partial charge in [-0.1, -0.05) is 12.1 Å². The molecular formula is C15H22N2O3. The summed E-state index contributed by atoms with van der Waals surface area (Å²) in [6, 6.07) is 7.73. The van der Waals surface area contributed by atoms with Crippen LogP contribution in [0, 0.1) is 0 Å². The summed E-state index contributed by atoms with van der Waals surface area (Å²) < 4.78 is 4.87. The van der Waals surface area contributed by atoms with Gasteiger partial charge in [-0.25, -0.2) is 0 Å². The maximum Gasteiger partial charge on any atom is 0.307 e. The number of amides is 1. The van der Waals surface area contributed by atoms with Crippen LogP contribution in [0.4, 0.5) is 5.69 Å². The zero-order valence-corrected chi connectivity index (χ0v) is 12.2. The number of hydrogen-bond acceptors (Lipinski definition) is 4. The van der Waals surface area contributed by atoms with E-state index in [4.69, 9.17) is 4.74 Å². The molecule has 0 saturated carbocycles. The predicted octanol–water partition coefficient (Wildman–Crippen LogP) is 2.25. The van der Waals surface area contributed by atoms with E-state index in [1.54, 1.807) is 6.92 Å². The quantitative estimate of drug-likeness (QED) is 0.751. The second-order valence-electron chi connectivity index (χ2n) is 4.54. The molecule has 1 rings (SSSR count). The summed E-state index contributed by atoms with van der Waals surface area (Å²) in [5, 5.41) is 6.01. The molecule has 0 aliphatic carbocycles. The number of carbonyl (C=O) groups is 2. The Morgan fingerprint density at radius 2 is 2.10 bits per heavy atom. The lowest BCUT2D eigenvalue weighted by molar-refractivity contribution is -0.143. The summed E-state index contributed by atoms with van der Waals surface area (Å²) in [4.78, 5) is 22.3. The standard InChI is InChI=1S/C15H22N2O3/c1-4-20-15(19)8-9-16-11(2)13-6-5-7-14(10-13)17-12(3)18/h5-7,10-11,16H,4,8-9H2,1-3H3,(H,17,18). The number of ether oxygens (including phenoxy) is 1. The first-order valence-electron chi connectivity index (χ1n) is 6.79. The van der Waals surface area contributed by atoms with Crippen LogP contribution in [0.1, 0.15) is 38.8 Å². The Bertz CT molecular complexity index is 460. The number of rotatable bonds is 7. The van der Waals surface area contributed by atoms with E-state index in [2.05, 4.69) is 10.6 Å². The molecule has 0 aromatic heterocycles. The molecule has 0 radical (unpaired) electrons. The van der Waals surface area contributed by atoms with Crippen molar-refractivity contribution in [2.45, 2.75) is 33.2 Å². The summed E-state index contributed by atoms with van der Waals surface area (Å²) in [5.74, 6) is -0.288. The van der Waals surface area contributed by atoms with Gasteiger partial charge in [0.15, 0.2) is 0 Å². The number of benzene rings is 1. The largest absolute Gasteiger partial charge is 0.466 e. The SMILES string of the molecule is CCOC(=O)CCNC(C)c1cccc(NC(C)=O)c1. The van der Waals surface area contributed by atoms with Crippen LogP contribution in [0.2, 0.25) is 0 Å². The van der Waals surface area contributed by atoms with Crippen LogP contribution in [0.25, 0.3) is 0 Å². The zero-order chi connectivity index (χ0) is 15.0. The fourth-order valence-corrected chi connectivity index (χ4v) is 1.83. The molecule has 1 amide bonds. The molecular weight excluding hydrogens is 256 g/mol. The monoisotopic (exact) mass is 278 g/mol. The van der Waals surface area contributed by atoms with Gasteiger partial charge < -0.3 is 15.4 Å². The third kappa shape index (κ3) is 5.84. The molecule has 0 bridgehead atoms. The van der Waals surface area contributed by atoms with Crippen LogP contribution in [-0.2, 0) is 14.3 Å². The minimum Gasteiger partial charge on any atom is -0.466 e. The molecule has 1 aromatic carbocycles. The van der Waals surface area contributed by atoms with E-state index in [9.17, 15) is 9.59 Å². The Labute approximate surface area is 119 Å². The first kappa shape index (κ1) is 16.2. The lowest BCUT2D eigenvalue weighted by Gasteiger charge is -2.15. The Balaban J connectivity index is 2.48. The molecule has 110 valence electrons. The van der Waals surface area contributed by atoms with Gasteiger partial charge in [0, 0.05) is 25.2 Å². The van der Waals surface area contributed by atoms with Crippen molar-refractivity contribution in [2.75, 3.05) is 18.5 Å². The molecule has 0 heterocycles. The summed E-state index contributed by atoms with van der Waals surface area (Å²) >= 11 is 0. The van der Waals surface area contributed by atoms with Crippen molar-refractivity contribution in [1.82, 2.24) is 5.32 Å². The predicted molar refractivity (Wildman–Crippen MR) is 78.4 cm³/mol. The molecule has 5 nitrogen and oxygen atoms in total. The zero-order valence-electron chi connectivity index (χ0n) is 12.2. The number of esters is 1. The van der Waals surface area contributed by atoms with Crippen molar-refractivity contribution < 1.29 is 14.3 Å². The smallest absolute Gasteiger partial charge is 0.307 e. The van der Waals surface area contributed by atoms with E-state index in [1.165, 1.54) is 6.92 Å². The van der Waals surface area contributed by atoms with Crippen molar-refractivity contribution in [3.05, 3.63) is 29.8 Å². The molecule has 0 saturated heterocycles. The molecule has 2 N–H and O–H groups in total. The van der Waals surface area contributed by atoms with Crippen molar-refractivity contribution in [1.29, 1.82) is 0 Å². The lowest BCUT2D eigenvalue weighted by atomic mass is 10.1. The maximum atomic E-state index is 11.2. The van der Waals surface area contributed by atoms with Crippen LogP contribution < -0.4 is 10.6 Å². The second kappa shape index (κ2) is 8.32. The molecule has 0 aliphatic heterocycles. The van der Waals surface area contributed by atoms with Crippen LogP contribution in [0.5, 0.6) is 0 Å². The molecule has 0 aliphatic rings. The molecule has 20 heavy (non-hydrogen) atoms. The average molecular weight is 278 g/mol.